The maximum atomic E-state index is 12.0. The number of aryl methyl sites for hydroxylation is 1. The van der Waals surface area contributed by atoms with E-state index in [2.05, 4.69) is 0 Å². The van der Waals surface area contributed by atoms with Gasteiger partial charge in [-0.05, 0) is 32.9 Å². The molecular weight excluding hydrogens is 295 g/mol. The molecule has 3 atom stereocenters. The van der Waals surface area contributed by atoms with Gasteiger partial charge in [-0.2, -0.15) is 8.42 Å². The van der Waals surface area contributed by atoms with Gasteiger partial charge in [0.2, 0.25) is 0 Å². The first-order valence-electron chi connectivity index (χ1n) is 5.52. The van der Waals surface area contributed by atoms with Crippen molar-refractivity contribution >= 4 is 33.3 Å². The second-order valence-electron chi connectivity index (χ2n) is 4.19. The predicted molar refractivity (Wildman–Crippen MR) is 73.9 cm³/mol. The molecule has 1 aromatic rings. The highest BCUT2D eigenvalue weighted by Crippen LogP contribution is 2.21. The summed E-state index contributed by atoms with van der Waals surface area (Å²) in [5.74, 6) is 0. The molecule has 6 heteroatoms. The molecule has 0 aliphatic carbocycles. The molecule has 102 valence electrons. The summed E-state index contributed by atoms with van der Waals surface area (Å²) in [5.41, 5.74) is 0.978. The third-order valence-electron chi connectivity index (χ3n) is 2.48. The van der Waals surface area contributed by atoms with Crippen molar-refractivity contribution in [3.05, 3.63) is 29.8 Å². The van der Waals surface area contributed by atoms with Gasteiger partial charge in [-0.1, -0.05) is 17.7 Å². The molecule has 0 aromatic heterocycles. The monoisotopic (exact) mass is 310 g/mol. The Balaban J connectivity index is 2.85. The maximum absolute atomic E-state index is 12.0. The van der Waals surface area contributed by atoms with E-state index in [4.69, 9.17) is 27.4 Å². The maximum Gasteiger partial charge on any atom is 0.297 e. The highest BCUT2D eigenvalue weighted by molar-refractivity contribution is 7.86. The van der Waals surface area contributed by atoms with Crippen molar-refractivity contribution in [1.29, 1.82) is 0 Å². The van der Waals surface area contributed by atoms with Crippen LogP contribution in [0.25, 0.3) is 0 Å². The molecule has 0 N–H and O–H groups in total. The fourth-order valence-electron chi connectivity index (χ4n) is 1.39. The smallest absolute Gasteiger partial charge is 0.262 e. The summed E-state index contributed by atoms with van der Waals surface area (Å²) in [4.78, 5) is 0.117. The minimum Gasteiger partial charge on any atom is -0.262 e. The van der Waals surface area contributed by atoms with E-state index in [1.165, 1.54) is 12.1 Å². The lowest BCUT2D eigenvalue weighted by Gasteiger charge is -2.20. The zero-order chi connectivity index (χ0) is 13.9. The number of halogens is 2. The molecule has 0 saturated carbocycles. The second-order valence-corrected chi connectivity index (χ2v) is 6.95. The van der Waals surface area contributed by atoms with E-state index in [0.717, 1.165) is 5.56 Å². The number of hydrogen-bond donors (Lipinski definition) is 0. The fourth-order valence-corrected chi connectivity index (χ4v) is 2.80. The third kappa shape index (κ3) is 4.12. The predicted octanol–water partition coefficient (Wildman–Crippen LogP) is 3.32. The van der Waals surface area contributed by atoms with E-state index in [1.807, 2.05) is 6.92 Å². The average molecular weight is 311 g/mol. The van der Waals surface area contributed by atoms with Crippen molar-refractivity contribution in [2.75, 3.05) is 0 Å². The zero-order valence-electron chi connectivity index (χ0n) is 10.4. The van der Waals surface area contributed by atoms with Crippen LogP contribution in [0.15, 0.2) is 29.2 Å². The molecular formula is C12H16Cl2O3S. The molecule has 0 amide bonds. The average Bonchev–Trinajstić information content (AvgIpc) is 2.27. The van der Waals surface area contributed by atoms with Crippen LogP contribution in [-0.2, 0) is 14.3 Å². The lowest BCUT2D eigenvalue weighted by Crippen LogP contribution is -2.30. The number of benzene rings is 1. The first-order valence-corrected chi connectivity index (χ1v) is 7.80. The molecule has 0 spiro atoms. The third-order valence-corrected chi connectivity index (χ3v) is 5.02. The van der Waals surface area contributed by atoms with Crippen LogP contribution >= 0.6 is 23.2 Å². The summed E-state index contributed by atoms with van der Waals surface area (Å²) in [6.45, 7) is 5.16. The van der Waals surface area contributed by atoms with Crippen molar-refractivity contribution in [3.8, 4) is 0 Å². The van der Waals surface area contributed by atoms with Gasteiger partial charge in [-0.3, -0.25) is 4.18 Å². The van der Waals surface area contributed by atoms with Crippen molar-refractivity contribution in [1.82, 2.24) is 0 Å². The Hall–Kier alpha value is -0.290. The van der Waals surface area contributed by atoms with Crippen LogP contribution in [0.2, 0.25) is 0 Å². The lowest BCUT2D eigenvalue weighted by atomic mass is 10.2. The largest absolute Gasteiger partial charge is 0.297 e. The first-order chi connectivity index (χ1) is 8.24. The molecule has 3 nitrogen and oxygen atoms in total. The van der Waals surface area contributed by atoms with Gasteiger partial charge >= 0.3 is 0 Å². The van der Waals surface area contributed by atoms with E-state index in [9.17, 15) is 8.42 Å². The Morgan fingerprint density at radius 3 is 2.06 bits per heavy atom. The number of hydrogen-bond acceptors (Lipinski definition) is 3. The van der Waals surface area contributed by atoms with Crippen LogP contribution in [0.4, 0.5) is 0 Å². The topological polar surface area (TPSA) is 43.4 Å². The summed E-state index contributed by atoms with van der Waals surface area (Å²) in [7, 11) is -3.80. The van der Waals surface area contributed by atoms with Crippen LogP contribution in [0, 0.1) is 6.92 Å². The molecule has 0 saturated heterocycles. The van der Waals surface area contributed by atoms with E-state index in [0.29, 0.717) is 0 Å². The van der Waals surface area contributed by atoms with Crippen LogP contribution < -0.4 is 0 Å². The molecule has 0 heterocycles. The van der Waals surface area contributed by atoms with Crippen LogP contribution in [-0.4, -0.2) is 25.3 Å². The second kappa shape index (κ2) is 6.24. The summed E-state index contributed by atoms with van der Waals surface area (Å²) in [6.07, 6.45) is -0.689. The standard InChI is InChI=1S/C12H16Cl2O3S/c1-8-4-6-11(7-5-8)18(15,16)17-10(3)12(14)9(2)13/h4-7,9-10,12H,1-3H3/t9-,10-,12+/m1/s1. The Morgan fingerprint density at radius 1 is 1.11 bits per heavy atom. The molecule has 18 heavy (non-hydrogen) atoms. The van der Waals surface area contributed by atoms with E-state index < -0.39 is 21.6 Å². The summed E-state index contributed by atoms with van der Waals surface area (Å²) in [6, 6.07) is 6.43. The van der Waals surface area contributed by atoms with Gasteiger partial charge in [0.05, 0.1) is 16.4 Å². The lowest BCUT2D eigenvalue weighted by molar-refractivity contribution is 0.222. The minimum atomic E-state index is -3.80. The van der Waals surface area contributed by atoms with Gasteiger partial charge in [0, 0.05) is 5.38 Å². The molecule has 1 aromatic carbocycles. The van der Waals surface area contributed by atoms with Gasteiger partial charge in [-0.15, -0.1) is 23.2 Å². The molecule has 0 fully saturated rings. The van der Waals surface area contributed by atoms with Crippen LogP contribution in [0.1, 0.15) is 19.4 Å². The minimum absolute atomic E-state index is 0.117. The normalized spacial score (nSPS) is 17.2. The molecule has 0 aliphatic rings. The van der Waals surface area contributed by atoms with E-state index >= 15 is 0 Å². The Kier molecular flexibility index (Phi) is 5.46. The van der Waals surface area contributed by atoms with Crippen LogP contribution in [0.3, 0.4) is 0 Å². The molecule has 0 unspecified atom stereocenters. The van der Waals surface area contributed by atoms with Gasteiger partial charge in [-0.25, -0.2) is 0 Å². The van der Waals surface area contributed by atoms with E-state index in [-0.39, 0.29) is 10.3 Å². The fraction of sp³-hybridized carbons (Fsp3) is 0.500. The van der Waals surface area contributed by atoms with Crippen molar-refractivity contribution in [2.45, 2.75) is 42.5 Å². The SMILES string of the molecule is Cc1ccc(S(=O)(=O)O[C@H](C)[C@@H](Cl)[C@@H](C)Cl)cc1. The highest BCUT2D eigenvalue weighted by atomic mass is 35.5. The molecule has 0 radical (unpaired) electrons. The summed E-state index contributed by atoms with van der Waals surface area (Å²) < 4.78 is 29.0. The van der Waals surface area contributed by atoms with Crippen molar-refractivity contribution in [2.24, 2.45) is 0 Å². The Labute approximate surface area is 118 Å². The zero-order valence-corrected chi connectivity index (χ0v) is 12.8. The molecule has 0 bridgehead atoms. The quantitative estimate of drug-likeness (QED) is 0.619. The van der Waals surface area contributed by atoms with Gasteiger partial charge in [0.25, 0.3) is 10.1 Å². The highest BCUT2D eigenvalue weighted by Gasteiger charge is 2.26. The van der Waals surface area contributed by atoms with Crippen molar-refractivity contribution < 1.29 is 12.6 Å². The number of rotatable bonds is 5. The Bertz CT molecular complexity index is 483. The Morgan fingerprint density at radius 2 is 1.61 bits per heavy atom. The molecule has 0 aliphatic heterocycles. The van der Waals surface area contributed by atoms with Gasteiger partial charge in [0.15, 0.2) is 0 Å². The van der Waals surface area contributed by atoms with Gasteiger partial charge < -0.3 is 0 Å². The summed E-state index contributed by atoms with van der Waals surface area (Å²) in [5, 5.41) is -0.957. The number of alkyl halides is 2. The first kappa shape index (κ1) is 15.8. The summed E-state index contributed by atoms with van der Waals surface area (Å²) >= 11 is 11.8. The van der Waals surface area contributed by atoms with Crippen LogP contribution in [0.5, 0.6) is 0 Å². The van der Waals surface area contributed by atoms with Crippen molar-refractivity contribution in [3.63, 3.8) is 0 Å². The van der Waals surface area contributed by atoms with Gasteiger partial charge in [0.1, 0.15) is 0 Å². The molecule has 1 rings (SSSR count). The van der Waals surface area contributed by atoms with E-state index in [1.54, 1.807) is 26.0 Å².